The van der Waals surface area contributed by atoms with Crippen molar-refractivity contribution >= 4 is 34.1 Å². The van der Waals surface area contributed by atoms with Gasteiger partial charge in [0.15, 0.2) is 0 Å². The van der Waals surface area contributed by atoms with E-state index in [0.717, 1.165) is 22.2 Å². The third kappa shape index (κ3) is 3.43. The van der Waals surface area contributed by atoms with Gasteiger partial charge in [0.1, 0.15) is 17.4 Å². The Morgan fingerprint density at radius 1 is 1.20 bits per heavy atom. The Hall–Kier alpha value is -3.61. The van der Waals surface area contributed by atoms with Gasteiger partial charge in [-0.05, 0) is 75.2 Å². The van der Waals surface area contributed by atoms with Gasteiger partial charge in [0, 0.05) is 5.69 Å². The number of benzene rings is 2. The zero-order valence-electron chi connectivity index (χ0n) is 17.4. The number of anilines is 1. The molecule has 2 heterocycles. The van der Waals surface area contributed by atoms with Crippen molar-refractivity contribution in [3.63, 3.8) is 0 Å². The van der Waals surface area contributed by atoms with Crippen LogP contribution in [0, 0.1) is 19.3 Å². The first-order chi connectivity index (χ1) is 14.2. The molecule has 1 aliphatic rings. The molecule has 0 spiro atoms. The largest absolute Gasteiger partial charge is 0.509 e. The number of nitrogens with one attached hydrogen (secondary N) is 2. The number of amidine groups is 1. The van der Waals surface area contributed by atoms with E-state index in [1.54, 1.807) is 43.0 Å². The van der Waals surface area contributed by atoms with E-state index in [2.05, 4.69) is 9.97 Å². The van der Waals surface area contributed by atoms with Crippen LogP contribution in [0.25, 0.3) is 16.6 Å². The van der Waals surface area contributed by atoms with Gasteiger partial charge in [0.05, 0.1) is 34.8 Å². The molecule has 7 heteroatoms. The van der Waals surface area contributed by atoms with Gasteiger partial charge in [0.2, 0.25) is 0 Å². The summed E-state index contributed by atoms with van der Waals surface area (Å²) in [4.78, 5) is 21.5. The highest BCUT2D eigenvalue weighted by atomic mass is 16.5. The molecule has 1 aliphatic heterocycles. The number of carbonyl (C=O) groups excluding carboxylic acids is 1. The Morgan fingerprint density at radius 2 is 1.87 bits per heavy atom. The molecule has 0 radical (unpaired) electrons. The number of aromatic nitrogens is 2. The van der Waals surface area contributed by atoms with E-state index >= 15 is 0 Å². The number of imidazole rings is 1. The molecule has 0 saturated heterocycles. The van der Waals surface area contributed by atoms with Crippen LogP contribution in [0.1, 0.15) is 41.2 Å². The molecule has 0 amide bonds. The van der Waals surface area contributed by atoms with E-state index in [0.29, 0.717) is 22.6 Å². The molecule has 30 heavy (non-hydrogen) atoms. The highest BCUT2D eigenvalue weighted by Gasteiger charge is 2.31. The Bertz CT molecular complexity index is 1150. The number of hydrogen-bond donors (Lipinski definition) is 3. The highest BCUT2D eigenvalue weighted by molar-refractivity contribution is 6.30. The van der Waals surface area contributed by atoms with Crippen molar-refractivity contribution in [1.82, 2.24) is 9.97 Å². The average Bonchev–Trinajstić information content (AvgIpc) is 3.21. The van der Waals surface area contributed by atoms with Crippen molar-refractivity contribution < 1.29 is 14.6 Å². The molecule has 4 rings (SSSR count). The molecule has 1 aromatic heterocycles. The summed E-state index contributed by atoms with van der Waals surface area (Å²) in [7, 11) is 0. The lowest BCUT2D eigenvalue weighted by Crippen LogP contribution is -2.26. The highest BCUT2D eigenvalue weighted by Crippen LogP contribution is 2.31. The molecule has 3 N–H and O–H groups in total. The second kappa shape index (κ2) is 7.33. The van der Waals surface area contributed by atoms with E-state index in [1.807, 2.05) is 26.0 Å². The SMILES string of the molecule is Cc1cc2nc(C3=C(O)CN(c4ccc(C(=O)OC(C)C)cc4)C3=N)[nH]c2cc1C. The van der Waals surface area contributed by atoms with Gasteiger partial charge in [-0.1, -0.05) is 0 Å². The van der Waals surface area contributed by atoms with Crippen molar-refractivity contribution in [3.8, 4) is 0 Å². The Balaban J connectivity index is 1.60. The van der Waals surface area contributed by atoms with Crippen LogP contribution in [0.5, 0.6) is 0 Å². The number of aromatic amines is 1. The minimum Gasteiger partial charge on any atom is -0.509 e. The first kappa shape index (κ1) is 19.7. The van der Waals surface area contributed by atoms with Crippen LogP contribution < -0.4 is 4.90 Å². The number of nitrogens with zero attached hydrogens (tertiary/aromatic N) is 2. The van der Waals surface area contributed by atoms with Crippen LogP contribution in [-0.4, -0.2) is 39.5 Å². The maximum absolute atomic E-state index is 12.0. The number of hydrogen-bond acceptors (Lipinski definition) is 5. The average molecular weight is 404 g/mol. The first-order valence-corrected chi connectivity index (χ1v) is 9.81. The lowest BCUT2D eigenvalue weighted by atomic mass is 10.1. The number of fused-ring (bicyclic) bond motifs is 1. The number of esters is 1. The Morgan fingerprint density at radius 3 is 2.53 bits per heavy atom. The molecule has 0 unspecified atom stereocenters. The van der Waals surface area contributed by atoms with Crippen molar-refractivity contribution in [3.05, 3.63) is 64.7 Å². The monoisotopic (exact) mass is 404 g/mol. The second-order valence-electron chi connectivity index (χ2n) is 7.80. The number of aliphatic hydroxyl groups is 1. The maximum Gasteiger partial charge on any atom is 0.338 e. The molecule has 2 aromatic carbocycles. The quantitative estimate of drug-likeness (QED) is 0.555. The van der Waals surface area contributed by atoms with E-state index in [-0.39, 0.29) is 30.2 Å². The predicted octanol–water partition coefficient (Wildman–Crippen LogP) is 4.51. The van der Waals surface area contributed by atoms with Gasteiger partial charge in [-0.25, -0.2) is 9.78 Å². The second-order valence-corrected chi connectivity index (χ2v) is 7.80. The van der Waals surface area contributed by atoms with Gasteiger partial charge in [-0.15, -0.1) is 0 Å². The fourth-order valence-electron chi connectivity index (χ4n) is 3.50. The lowest BCUT2D eigenvalue weighted by molar-refractivity contribution is 0.0378. The van der Waals surface area contributed by atoms with E-state index < -0.39 is 0 Å². The molecular weight excluding hydrogens is 380 g/mol. The molecule has 154 valence electrons. The number of aliphatic hydroxyl groups excluding tert-OH is 1. The topological polar surface area (TPSA) is 102 Å². The van der Waals surface area contributed by atoms with Gasteiger partial charge in [-0.2, -0.15) is 0 Å². The standard InChI is InChI=1S/C23H24N4O3/c1-12(2)30-23(29)15-5-7-16(8-6-15)27-11-19(28)20(21(27)24)22-25-17-9-13(3)14(4)10-18(17)26-22/h5-10,12,24,28H,11H2,1-4H3,(H,25,26). The number of aryl methyl sites for hydroxylation is 2. The lowest BCUT2D eigenvalue weighted by Gasteiger charge is -2.19. The van der Waals surface area contributed by atoms with Gasteiger partial charge >= 0.3 is 5.97 Å². The number of H-pyrrole nitrogens is 1. The minimum absolute atomic E-state index is 0.0794. The molecule has 3 aromatic rings. The third-order valence-electron chi connectivity index (χ3n) is 5.19. The first-order valence-electron chi connectivity index (χ1n) is 9.81. The smallest absolute Gasteiger partial charge is 0.338 e. The normalized spacial score (nSPS) is 14.3. The van der Waals surface area contributed by atoms with Gasteiger partial charge < -0.3 is 19.7 Å². The maximum atomic E-state index is 12.0. The van der Waals surface area contributed by atoms with Crippen LogP contribution in [0.2, 0.25) is 0 Å². The molecule has 0 atom stereocenters. The number of carbonyl (C=O) groups is 1. The van der Waals surface area contributed by atoms with Crippen LogP contribution >= 0.6 is 0 Å². The summed E-state index contributed by atoms with van der Waals surface area (Å²) in [5, 5.41) is 19.2. The Labute approximate surface area is 174 Å². The predicted molar refractivity (Wildman–Crippen MR) is 117 cm³/mol. The fraction of sp³-hybridized carbons (Fsp3) is 0.261. The fourth-order valence-corrected chi connectivity index (χ4v) is 3.50. The number of rotatable bonds is 4. The summed E-state index contributed by atoms with van der Waals surface area (Å²) in [5.74, 6) is 0.313. The zero-order valence-corrected chi connectivity index (χ0v) is 17.4. The van der Waals surface area contributed by atoms with Gasteiger partial charge in [-0.3, -0.25) is 5.41 Å². The summed E-state index contributed by atoms with van der Waals surface area (Å²) in [6, 6.07) is 10.8. The summed E-state index contributed by atoms with van der Waals surface area (Å²) in [5.41, 5.74) is 5.47. The van der Waals surface area contributed by atoms with Gasteiger partial charge in [0.25, 0.3) is 0 Å². The number of ether oxygens (including phenoxy) is 1. The van der Waals surface area contributed by atoms with Crippen molar-refractivity contribution in [1.29, 1.82) is 5.41 Å². The zero-order chi connectivity index (χ0) is 21.6. The molecule has 0 saturated carbocycles. The summed E-state index contributed by atoms with van der Waals surface area (Å²) in [6.45, 7) is 7.83. The molecular formula is C23H24N4O3. The summed E-state index contributed by atoms with van der Waals surface area (Å²) in [6.07, 6.45) is -0.191. The van der Waals surface area contributed by atoms with Crippen molar-refractivity contribution in [2.24, 2.45) is 0 Å². The van der Waals surface area contributed by atoms with Crippen LogP contribution in [0.3, 0.4) is 0 Å². The van der Waals surface area contributed by atoms with E-state index in [1.165, 1.54) is 0 Å². The summed E-state index contributed by atoms with van der Waals surface area (Å²) < 4.78 is 5.20. The van der Waals surface area contributed by atoms with E-state index in [4.69, 9.17) is 10.1 Å². The minimum atomic E-state index is -0.387. The van der Waals surface area contributed by atoms with E-state index in [9.17, 15) is 9.90 Å². The molecule has 7 nitrogen and oxygen atoms in total. The summed E-state index contributed by atoms with van der Waals surface area (Å²) >= 11 is 0. The van der Waals surface area contributed by atoms with Crippen molar-refractivity contribution in [2.75, 3.05) is 11.4 Å². The van der Waals surface area contributed by atoms with Crippen LogP contribution in [0.15, 0.2) is 42.2 Å². The molecule has 0 bridgehead atoms. The molecule has 0 fully saturated rings. The Kier molecular flexibility index (Phi) is 4.81. The molecule has 0 aliphatic carbocycles. The van der Waals surface area contributed by atoms with Crippen LogP contribution in [-0.2, 0) is 4.74 Å². The van der Waals surface area contributed by atoms with Crippen molar-refractivity contribution in [2.45, 2.75) is 33.8 Å². The third-order valence-corrected chi connectivity index (χ3v) is 5.19. The van der Waals surface area contributed by atoms with Crippen LogP contribution in [0.4, 0.5) is 5.69 Å².